The van der Waals surface area contributed by atoms with E-state index in [2.05, 4.69) is 4.74 Å². The van der Waals surface area contributed by atoms with Gasteiger partial charge in [-0.1, -0.05) is 11.6 Å². The molecule has 0 amide bonds. The second-order valence-electron chi connectivity index (χ2n) is 6.43. The van der Waals surface area contributed by atoms with E-state index in [1.165, 1.54) is 0 Å². The van der Waals surface area contributed by atoms with E-state index in [9.17, 15) is 41.8 Å². The van der Waals surface area contributed by atoms with Crippen LogP contribution in [0.4, 0.5) is 17.6 Å². The lowest BCUT2D eigenvalue weighted by Gasteiger charge is -2.16. The largest absolute Gasteiger partial charge is 0.482 e. The van der Waals surface area contributed by atoms with Crippen LogP contribution in [0.3, 0.4) is 0 Å². The molecule has 1 N–H and O–H groups in total. The summed E-state index contributed by atoms with van der Waals surface area (Å²) in [6, 6.07) is 1.29. The van der Waals surface area contributed by atoms with Crippen molar-refractivity contribution in [1.29, 1.82) is 0 Å². The average Bonchev–Trinajstić information content (AvgIpc) is 2.73. The zero-order chi connectivity index (χ0) is 26.0. The van der Waals surface area contributed by atoms with Crippen molar-refractivity contribution in [3.63, 3.8) is 0 Å². The first-order valence-electron chi connectivity index (χ1n) is 8.90. The van der Waals surface area contributed by atoms with Gasteiger partial charge in [0, 0.05) is 19.2 Å². The Morgan fingerprint density at radius 3 is 2.32 bits per heavy atom. The summed E-state index contributed by atoms with van der Waals surface area (Å²) in [4.78, 5) is 47.5. The van der Waals surface area contributed by atoms with Gasteiger partial charge in [-0.2, -0.15) is 13.2 Å². The van der Waals surface area contributed by atoms with Gasteiger partial charge in [-0.25, -0.2) is 23.3 Å². The van der Waals surface area contributed by atoms with Gasteiger partial charge in [0.15, 0.2) is 6.61 Å². The van der Waals surface area contributed by atoms with Gasteiger partial charge in [-0.05, 0) is 13.0 Å². The fraction of sp³-hybridized carbons (Fsp3) is 0.263. The van der Waals surface area contributed by atoms with Crippen molar-refractivity contribution >= 4 is 23.5 Å². The SMILES string of the molecule is COC(=O)COC(C)=C(Oc1cc(-n2c(=O)cc(C(F)(F)F)n(C)c2=O)c(F)cc1Cl)C(=O)O. The van der Waals surface area contributed by atoms with E-state index in [0.29, 0.717) is 12.1 Å². The highest BCUT2D eigenvalue weighted by molar-refractivity contribution is 6.32. The van der Waals surface area contributed by atoms with E-state index < -0.39 is 75.5 Å². The van der Waals surface area contributed by atoms with Crippen LogP contribution < -0.4 is 16.0 Å². The van der Waals surface area contributed by atoms with Gasteiger partial charge < -0.3 is 19.3 Å². The van der Waals surface area contributed by atoms with Gasteiger partial charge in [0.1, 0.15) is 23.0 Å². The number of allylic oxidation sites excluding steroid dienone is 1. The number of halogens is 5. The Hall–Kier alpha value is -3.81. The first kappa shape index (κ1) is 26.4. The third kappa shape index (κ3) is 5.57. The molecule has 1 aromatic carbocycles. The Balaban J connectivity index is 2.64. The summed E-state index contributed by atoms with van der Waals surface area (Å²) in [7, 11) is 1.78. The van der Waals surface area contributed by atoms with Crippen LogP contribution >= 0.6 is 11.6 Å². The molecule has 0 aliphatic carbocycles. The zero-order valence-electron chi connectivity index (χ0n) is 17.5. The third-order valence-electron chi connectivity index (χ3n) is 4.21. The quantitative estimate of drug-likeness (QED) is 0.260. The molecule has 15 heteroatoms. The predicted octanol–water partition coefficient (Wildman–Crippen LogP) is 2.23. The van der Waals surface area contributed by atoms with Crippen LogP contribution in [0, 0.1) is 5.82 Å². The second kappa shape index (κ2) is 9.99. The topological polar surface area (TPSA) is 126 Å². The summed E-state index contributed by atoms with van der Waals surface area (Å²) in [5.41, 5.74) is -5.50. The number of rotatable bonds is 7. The van der Waals surface area contributed by atoms with Crippen LogP contribution in [-0.4, -0.2) is 39.9 Å². The number of carbonyl (C=O) groups excluding carboxylic acids is 1. The van der Waals surface area contributed by atoms with Crippen molar-refractivity contribution in [3.05, 3.63) is 67.1 Å². The highest BCUT2D eigenvalue weighted by atomic mass is 35.5. The number of carboxylic acids is 1. The maximum absolute atomic E-state index is 14.6. The normalized spacial score (nSPS) is 12.1. The maximum atomic E-state index is 14.6. The Morgan fingerprint density at radius 1 is 1.18 bits per heavy atom. The van der Waals surface area contributed by atoms with Crippen molar-refractivity contribution in [2.75, 3.05) is 13.7 Å². The molecule has 0 fully saturated rings. The molecular formula is C19H15ClF4N2O8. The molecule has 2 aromatic rings. The number of benzene rings is 1. The number of esters is 1. The summed E-state index contributed by atoms with van der Waals surface area (Å²) in [6.45, 7) is 0.433. The maximum Gasteiger partial charge on any atom is 0.431 e. The number of hydrogen-bond acceptors (Lipinski definition) is 7. The molecular weight excluding hydrogens is 496 g/mol. The fourth-order valence-electron chi connectivity index (χ4n) is 2.56. The van der Waals surface area contributed by atoms with E-state index >= 15 is 0 Å². The molecule has 1 heterocycles. The van der Waals surface area contributed by atoms with Crippen molar-refractivity contribution in [2.45, 2.75) is 13.1 Å². The molecule has 0 unspecified atom stereocenters. The van der Waals surface area contributed by atoms with Gasteiger partial charge in [0.2, 0.25) is 5.76 Å². The molecule has 0 aliphatic heterocycles. The average molecular weight is 511 g/mol. The number of alkyl halides is 3. The number of hydrogen-bond donors (Lipinski definition) is 1. The number of carboxylic acid groups (broad SMARTS) is 1. The van der Waals surface area contributed by atoms with Crippen LogP contribution in [0.1, 0.15) is 12.6 Å². The lowest BCUT2D eigenvalue weighted by atomic mass is 10.2. The van der Waals surface area contributed by atoms with Crippen molar-refractivity contribution < 1.29 is 46.5 Å². The van der Waals surface area contributed by atoms with Crippen molar-refractivity contribution in [2.24, 2.45) is 7.05 Å². The molecule has 1 aromatic heterocycles. The monoisotopic (exact) mass is 510 g/mol. The minimum atomic E-state index is -5.04. The van der Waals surface area contributed by atoms with Crippen LogP contribution in [-0.2, 0) is 32.3 Å². The minimum Gasteiger partial charge on any atom is -0.482 e. The summed E-state index contributed by atoms with van der Waals surface area (Å²) < 4.78 is 68.3. The van der Waals surface area contributed by atoms with Gasteiger partial charge in [0.25, 0.3) is 5.56 Å². The number of carbonyl (C=O) groups is 2. The van der Waals surface area contributed by atoms with Gasteiger partial charge >= 0.3 is 23.8 Å². The van der Waals surface area contributed by atoms with Gasteiger partial charge in [0.05, 0.1) is 17.8 Å². The molecule has 0 radical (unpaired) electrons. The number of aliphatic carboxylic acids is 1. The second-order valence-corrected chi connectivity index (χ2v) is 6.84. The molecule has 0 atom stereocenters. The number of aromatic nitrogens is 2. The summed E-state index contributed by atoms with van der Waals surface area (Å²) >= 11 is 5.87. The third-order valence-corrected chi connectivity index (χ3v) is 4.51. The smallest absolute Gasteiger partial charge is 0.431 e. The van der Waals surface area contributed by atoms with Crippen LogP contribution in [0.2, 0.25) is 5.02 Å². The summed E-state index contributed by atoms with van der Waals surface area (Å²) in [5, 5.41) is 8.86. The summed E-state index contributed by atoms with van der Waals surface area (Å²) in [6.07, 6.45) is -5.04. The molecule has 184 valence electrons. The molecule has 0 bridgehead atoms. The molecule has 34 heavy (non-hydrogen) atoms. The van der Waals surface area contributed by atoms with E-state index in [1.807, 2.05) is 0 Å². The highest BCUT2D eigenvalue weighted by Gasteiger charge is 2.35. The number of ether oxygens (including phenoxy) is 3. The standard InChI is InChI=1S/C19H15ClF4N2O8/c1-8(33-7-15(28)32-3)16(17(29)30)34-12-5-11(10(21)4-9(12)20)26-14(27)6-13(19(22,23)24)25(2)18(26)31/h4-6H,7H2,1-3H3,(H,29,30). The molecule has 0 saturated carbocycles. The summed E-state index contributed by atoms with van der Waals surface area (Å²) in [5.74, 6) is -5.77. The Labute approximate surface area is 192 Å². The Morgan fingerprint density at radius 2 is 1.79 bits per heavy atom. The first-order valence-corrected chi connectivity index (χ1v) is 9.28. The lowest BCUT2D eigenvalue weighted by Crippen LogP contribution is -2.41. The zero-order valence-corrected chi connectivity index (χ0v) is 18.3. The van der Waals surface area contributed by atoms with Crippen molar-refractivity contribution in [3.8, 4) is 11.4 Å². The Bertz CT molecular complexity index is 1300. The molecule has 0 aliphatic rings. The molecule has 10 nitrogen and oxygen atoms in total. The fourth-order valence-corrected chi connectivity index (χ4v) is 2.74. The van der Waals surface area contributed by atoms with Gasteiger partial charge in [-0.15, -0.1) is 0 Å². The van der Waals surface area contributed by atoms with E-state index in [-0.39, 0.29) is 15.2 Å². The minimum absolute atomic E-state index is 0.0819. The Kier molecular flexibility index (Phi) is 7.77. The van der Waals surface area contributed by atoms with Gasteiger partial charge in [-0.3, -0.25) is 9.36 Å². The first-order chi connectivity index (χ1) is 15.7. The van der Waals surface area contributed by atoms with Crippen molar-refractivity contribution in [1.82, 2.24) is 9.13 Å². The van der Waals surface area contributed by atoms with E-state index in [4.69, 9.17) is 21.1 Å². The van der Waals surface area contributed by atoms with Crippen LogP contribution in [0.5, 0.6) is 5.75 Å². The molecule has 2 rings (SSSR count). The van der Waals surface area contributed by atoms with Crippen LogP contribution in [0.15, 0.2) is 39.3 Å². The van der Waals surface area contributed by atoms with E-state index in [1.54, 1.807) is 0 Å². The molecule has 0 spiro atoms. The number of methoxy groups -OCH3 is 1. The molecule has 0 saturated heterocycles. The van der Waals surface area contributed by atoms with E-state index in [0.717, 1.165) is 21.1 Å². The predicted molar refractivity (Wildman–Crippen MR) is 106 cm³/mol. The lowest BCUT2D eigenvalue weighted by molar-refractivity contribution is -0.145. The number of nitrogens with zero attached hydrogens (tertiary/aromatic N) is 2. The van der Waals surface area contributed by atoms with Crippen LogP contribution in [0.25, 0.3) is 5.69 Å². The highest BCUT2D eigenvalue weighted by Crippen LogP contribution is 2.31.